The predicted molar refractivity (Wildman–Crippen MR) is 93.4 cm³/mol. The molecule has 0 aromatic rings. The molecule has 1 unspecified atom stereocenters. The van der Waals surface area contributed by atoms with Crippen molar-refractivity contribution in [3.8, 4) is 0 Å². The van der Waals surface area contributed by atoms with Gasteiger partial charge < -0.3 is 0 Å². The van der Waals surface area contributed by atoms with Gasteiger partial charge in [0.05, 0.1) is 0 Å². The van der Waals surface area contributed by atoms with Crippen LogP contribution in [0.25, 0.3) is 0 Å². The lowest BCUT2D eigenvalue weighted by molar-refractivity contribution is 0.532. The zero-order valence-corrected chi connectivity index (χ0v) is 14.5. The van der Waals surface area contributed by atoms with Crippen molar-refractivity contribution in [2.45, 2.75) is 115 Å². The van der Waals surface area contributed by atoms with E-state index in [1.807, 2.05) is 0 Å². The van der Waals surface area contributed by atoms with Gasteiger partial charge in [0.25, 0.3) is 0 Å². The van der Waals surface area contributed by atoms with Gasteiger partial charge in [0.1, 0.15) is 0 Å². The van der Waals surface area contributed by atoms with Gasteiger partial charge in [0.15, 0.2) is 0 Å². The molecule has 0 heterocycles. The van der Waals surface area contributed by atoms with Gasteiger partial charge in [-0.3, -0.25) is 0 Å². The van der Waals surface area contributed by atoms with Crippen molar-refractivity contribution in [3.63, 3.8) is 0 Å². The molecule has 0 aliphatic rings. The lowest BCUT2D eigenvalue weighted by Crippen LogP contribution is -1.90. The maximum Gasteiger partial charge on any atom is -0.00116 e. The average molecular weight is 287 g/mol. The van der Waals surface area contributed by atoms with Crippen LogP contribution in [0.5, 0.6) is 0 Å². The van der Waals surface area contributed by atoms with Crippen molar-refractivity contribution in [3.05, 3.63) is 0 Å². The summed E-state index contributed by atoms with van der Waals surface area (Å²) in [6.07, 6.45) is 21.6. The molecular weight excluding hydrogens is 248 g/mol. The van der Waals surface area contributed by atoms with Crippen molar-refractivity contribution < 1.29 is 0 Å². The topological polar surface area (TPSA) is 0 Å². The number of unbranched alkanes of at least 4 members (excludes halogenated alkanes) is 13. The molecule has 0 amide bonds. The Morgan fingerprint density at radius 3 is 1.21 bits per heavy atom. The van der Waals surface area contributed by atoms with Crippen molar-refractivity contribution in [1.82, 2.24) is 0 Å². The summed E-state index contributed by atoms with van der Waals surface area (Å²) in [6, 6.07) is 0. The van der Waals surface area contributed by atoms with Gasteiger partial charge in [-0.25, -0.2) is 0 Å². The third-order valence-electron chi connectivity index (χ3n) is 3.98. The summed E-state index contributed by atoms with van der Waals surface area (Å²) in [5, 5.41) is 0.595. The van der Waals surface area contributed by atoms with Gasteiger partial charge in [0.2, 0.25) is 0 Å². The van der Waals surface area contributed by atoms with E-state index in [0.29, 0.717) is 5.25 Å². The minimum absolute atomic E-state index is 0.595. The molecule has 1 heteroatoms. The maximum absolute atomic E-state index is 4.42. The Hall–Kier alpha value is 0.350. The van der Waals surface area contributed by atoms with E-state index in [0.717, 1.165) is 0 Å². The highest BCUT2D eigenvalue weighted by Crippen LogP contribution is 2.14. The summed E-state index contributed by atoms with van der Waals surface area (Å²) < 4.78 is 0. The van der Waals surface area contributed by atoms with Gasteiger partial charge in [-0.15, -0.1) is 0 Å². The molecule has 0 aliphatic carbocycles. The molecule has 0 radical (unpaired) electrons. The monoisotopic (exact) mass is 286 g/mol. The van der Waals surface area contributed by atoms with E-state index in [1.54, 1.807) is 0 Å². The summed E-state index contributed by atoms with van der Waals surface area (Å²) in [5.74, 6) is 0. The molecule has 116 valence electrons. The van der Waals surface area contributed by atoms with E-state index in [9.17, 15) is 0 Å². The third-order valence-corrected chi connectivity index (χ3v) is 4.23. The fraction of sp³-hybridized carbons (Fsp3) is 1.00. The van der Waals surface area contributed by atoms with E-state index in [4.69, 9.17) is 0 Å². The Labute approximate surface area is 128 Å². The first-order chi connectivity index (χ1) is 9.27. The lowest BCUT2D eigenvalue weighted by atomic mass is 10.0. The van der Waals surface area contributed by atoms with Gasteiger partial charge >= 0.3 is 0 Å². The predicted octanol–water partition coefficient (Wildman–Crippen LogP) is 7.18. The molecular formula is C18H38S. The summed E-state index contributed by atoms with van der Waals surface area (Å²) in [4.78, 5) is 0. The Bertz CT molecular complexity index is 154. The standard InChI is InChI=1S/C18H38S/c1-3-4-5-6-7-8-9-10-11-12-13-14-15-16-17-18(2)19/h18-19H,3-17H2,1-2H3. The van der Waals surface area contributed by atoms with Crippen LogP contribution in [-0.2, 0) is 0 Å². The molecule has 0 saturated carbocycles. The molecule has 19 heavy (non-hydrogen) atoms. The second-order valence-electron chi connectivity index (χ2n) is 6.23. The normalized spacial score (nSPS) is 12.8. The fourth-order valence-electron chi connectivity index (χ4n) is 2.63. The summed E-state index contributed by atoms with van der Waals surface area (Å²) in [7, 11) is 0. The summed E-state index contributed by atoms with van der Waals surface area (Å²) >= 11 is 4.42. The maximum atomic E-state index is 4.42. The first-order valence-corrected chi connectivity index (χ1v) is 9.47. The molecule has 0 bridgehead atoms. The largest absolute Gasteiger partial charge is 0.176 e. The van der Waals surface area contributed by atoms with Crippen LogP contribution < -0.4 is 0 Å². The Morgan fingerprint density at radius 2 is 0.895 bits per heavy atom. The van der Waals surface area contributed by atoms with Crippen LogP contribution >= 0.6 is 12.6 Å². The molecule has 0 aliphatic heterocycles. The lowest BCUT2D eigenvalue weighted by Gasteiger charge is -2.04. The highest BCUT2D eigenvalue weighted by Gasteiger charge is 1.96. The minimum Gasteiger partial charge on any atom is -0.176 e. The minimum atomic E-state index is 0.595. The van der Waals surface area contributed by atoms with Crippen molar-refractivity contribution in [2.75, 3.05) is 0 Å². The zero-order valence-electron chi connectivity index (χ0n) is 13.6. The van der Waals surface area contributed by atoms with Crippen LogP contribution in [0.3, 0.4) is 0 Å². The molecule has 0 aromatic carbocycles. The van der Waals surface area contributed by atoms with E-state index >= 15 is 0 Å². The van der Waals surface area contributed by atoms with Gasteiger partial charge in [-0.2, -0.15) is 12.6 Å². The first kappa shape index (κ1) is 19.4. The van der Waals surface area contributed by atoms with E-state index in [1.165, 1.54) is 96.3 Å². The second-order valence-corrected chi connectivity index (χ2v) is 7.12. The van der Waals surface area contributed by atoms with E-state index in [-0.39, 0.29) is 0 Å². The zero-order chi connectivity index (χ0) is 14.2. The summed E-state index contributed by atoms with van der Waals surface area (Å²) in [5.41, 5.74) is 0. The van der Waals surface area contributed by atoms with Crippen molar-refractivity contribution in [1.29, 1.82) is 0 Å². The molecule has 1 atom stereocenters. The highest BCUT2D eigenvalue weighted by atomic mass is 32.1. The van der Waals surface area contributed by atoms with Crippen LogP contribution in [0.1, 0.15) is 110 Å². The molecule has 0 nitrogen and oxygen atoms in total. The quantitative estimate of drug-likeness (QED) is 0.239. The van der Waals surface area contributed by atoms with Crippen LogP contribution in [0.2, 0.25) is 0 Å². The van der Waals surface area contributed by atoms with Crippen LogP contribution in [0, 0.1) is 0 Å². The molecule has 0 rings (SSSR count). The van der Waals surface area contributed by atoms with E-state index < -0.39 is 0 Å². The Balaban J connectivity index is 2.91. The van der Waals surface area contributed by atoms with Crippen molar-refractivity contribution in [2.24, 2.45) is 0 Å². The van der Waals surface area contributed by atoms with Gasteiger partial charge in [0, 0.05) is 0 Å². The van der Waals surface area contributed by atoms with Crippen LogP contribution in [0.15, 0.2) is 0 Å². The van der Waals surface area contributed by atoms with Crippen LogP contribution in [0.4, 0.5) is 0 Å². The van der Waals surface area contributed by atoms with Gasteiger partial charge in [-0.1, -0.05) is 104 Å². The smallest absolute Gasteiger partial charge is 0.00116 e. The Morgan fingerprint density at radius 1 is 0.579 bits per heavy atom. The fourth-order valence-corrected chi connectivity index (χ4v) is 2.82. The number of thiol groups is 1. The highest BCUT2D eigenvalue weighted by molar-refractivity contribution is 7.80. The molecule has 0 saturated heterocycles. The average Bonchev–Trinajstić information content (AvgIpc) is 2.39. The molecule has 0 aromatic heterocycles. The summed E-state index contributed by atoms with van der Waals surface area (Å²) in [6.45, 7) is 4.49. The SMILES string of the molecule is CCCCCCCCCCCCCCCCC(C)S. The van der Waals surface area contributed by atoms with E-state index in [2.05, 4.69) is 26.5 Å². The number of hydrogen-bond acceptors (Lipinski definition) is 1. The van der Waals surface area contributed by atoms with Crippen LogP contribution in [-0.4, -0.2) is 5.25 Å². The number of hydrogen-bond donors (Lipinski definition) is 1. The molecule has 0 N–H and O–H groups in total. The van der Waals surface area contributed by atoms with Gasteiger partial charge in [-0.05, 0) is 11.7 Å². The first-order valence-electron chi connectivity index (χ1n) is 8.95. The second kappa shape index (κ2) is 16.4. The third kappa shape index (κ3) is 18.4. The van der Waals surface area contributed by atoms with Crippen molar-refractivity contribution >= 4 is 12.6 Å². The number of rotatable bonds is 15. The molecule has 0 spiro atoms. The Kier molecular flexibility index (Phi) is 16.7. The molecule has 0 fully saturated rings.